The van der Waals surface area contributed by atoms with Gasteiger partial charge in [-0.3, -0.25) is 0 Å². The van der Waals surface area contributed by atoms with Crippen LogP contribution in [-0.4, -0.2) is 7.05 Å². The SMILES string of the molecule is CNCc1ccc(-c2cc3cc(F)ccc3o2)o1. The lowest BCUT2D eigenvalue weighted by molar-refractivity contribution is 0.489. The average molecular weight is 245 g/mol. The van der Waals surface area contributed by atoms with Gasteiger partial charge < -0.3 is 14.2 Å². The second kappa shape index (κ2) is 4.31. The zero-order valence-electron chi connectivity index (χ0n) is 9.87. The Morgan fingerprint density at radius 3 is 2.78 bits per heavy atom. The highest BCUT2D eigenvalue weighted by Crippen LogP contribution is 2.29. The summed E-state index contributed by atoms with van der Waals surface area (Å²) in [6.07, 6.45) is 0. The van der Waals surface area contributed by atoms with Crippen LogP contribution in [0.3, 0.4) is 0 Å². The number of rotatable bonds is 3. The molecular formula is C14H12FNO2. The molecule has 0 bridgehead atoms. The lowest BCUT2D eigenvalue weighted by atomic mass is 10.2. The molecule has 2 aromatic heterocycles. The summed E-state index contributed by atoms with van der Waals surface area (Å²) >= 11 is 0. The molecule has 0 saturated heterocycles. The van der Waals surface area contributed by atoms with Crippen LogP contribution in [0.1, 0.15) is 5.76 Å². The minimum absolute atomic E-state index is 0.273. The predicted molar refractivity (Wildman–Crippen MR) is 66.6 cm³/mol. The van der Waals surface area contributed by atoms with Crippen molar-refractivity contribution >= 4 is 11.0 Å². The molecule has 2 heterocycles. The minimum Gasteiger partial charge on any atom is -0.456 e. The van der Waals surface area contributed by atoms with Gasteiger partial charge in [-0.2, -0.15) is 0 Å². The Bertz CT molecular complexity index is 684. The van der Waals surface area contributed by atoms with Crippen molar-refractivity contribution in [2.75, 3.05) is 7.05 Å². The summed E-state index contributed by atoms with van der Waals surface area (Å²) in [7, 11) is 1.85. The summed E-state index contributed by atoms with van der Waals surface area (Å²) in [6, 6.07) is 9.95. The summed E-state index contributed by atoms with van der Waals surface area (Å²) in [4.78, 5) is 0. The number of furan rings is 2. The van der Waals surface area contributed by atoms with E-state index in [1.807, 2.05) is 19.2 Å². The molecule has 0 atom stereocenters. The standard InChI is InChI=1S/C14H12FNO2/c1-16-8-11-3-5-13(17-11)14-7-9-6-10(15)2-4-12(9)18-14/h2-7,16H,8H2,1H3. The van der Waals surface area contributed by atoms with Gasteiger partial charge in [-0.1, -0.05) is 0 Å². The van der Waals surface area contributed by atoms with E-state index in [1.54, 1.807) is 12.1 Å². The zero-order chi connectivity index (χ0) is 12.5. The highest BCUT2D eigenvalue weighted by molar-refractivity contribution is 5.81. The molecule has 0 aliphatic carbocycles. The molecule has 0 radical (unpaired) electrons. The van der Waals surface area contributed by atoms with Crippen LogP contribution in [0.4, 0.5) is 4.39 Å². The first-order chi connectivity index (χ1) is 8.76. The first kappa shape index (κ1) is 11.0. The number of benzene rings is 1. The van der Waals surface area contributed by atoms with Crippen molar-refractivity contribution in [1.82, 2.24) is 5.32 Å². The number of halogens is 1. The summed E-state index contributed by atoms with van der Waals surface area (Å²) in [5, 5.41) is 3.74. The highest BCUT2D eigenvalue weighted by atomic mass is 19.1. The summed E-state index contributed by atoms with van der Waals surface area (Å²) in [5.41, 5.74) is 0.651. The molecule has 1 aromatic carbocycles. The van der Waals surface area contributed by atoms with Gasteiger partial charge in [-0.25, -0.2) is 4.39 Å². The Morgan fingerprint density at radius 1 is 1.06 bits per heavy atom. The molecule has 3 aromatic rings. The third-order valence-corrected chi connectivity index (χ3v) is 2.73. The van der Waals surface area contributed by atoms with Crippen LogP contribution in [0.5, 0.6) is 0 Å². The molecule has 0 amide bonds. The Morgan fingerprint density at radius 2 is 1.94 bits per heavy atom. The molecule has 0 fully saturated rings. The smallest absolute Gasteiger partial charge is 0.170 e. The van der Waals surface area contributed by atoms with E-state index < -0.39 is 0 Å². The third-order valence-electron chi connectivity index (χ3n) is 2.73. The van der Waals surface area contributed by atoms with Gasteiger partial charge in [0, 0.05) is 5.39 Å². The van der Waals surface area contributed by atoms with Gasteiger partial charge in [-0.05, 0) is 43.4 Å². The molecule has 3 nitrogen and oxygen atoms in total. The molecule has 0 unspecified atom stereocenters. The van der Waals surface area contributed by atoms with Gasteiger partial charge in [0.15, 0.2) is 11.5 Å². The zero-order valence-corrected chi connectivity index (χ0v) is 9.87. The van der Waals surface area contributed by atoms with Gasteiger partial charge in [0.1, 0.15) is 17.2 Å². The third kappa shape index (κ3) is 1.91. The largest absolute Gasteiger partial charge is 0.456 e. The quantitative estimate of drug-likeness (QED) is 0.766. The highest BCUT2D eigenvalue weighted by Gasteiger charge is 2.10. The number of fused-ring (bicyclic) bond motifs is 1. The lowest BCUT2D eigenvalue weighted by Gasteiger charge is -1.93. The second-order valence-corrected chi connectivity index (χ2v) is 4.09. The summed E-state index contributed by atoms with van der Waals surface area (Å²) in [6.45, 7) is 0.662. The fourth-order valence-corrected chi connectivity index (χ4v) is 1.92. The van der Waals surface area contributed by atoms with Gasteiger partial charge in [0.2, 0.25) is 0 Å². The predicted octanol–water partition coefficient (Wildman–Crippen LogP) is 3.55. The van der Waals surface area contributed by atoms with E-state index in [9.17, 15) is 4.39 Å². The average Bonchev–Trinajstić information content (AvgIpc) is 2.94. The molecule has 0 aliphatic rings. The number of hydrogen-bond acceptors (Lipinski definition) is 3. The maximum absolute atomic E-state index is 13.1. The fraction of sp³-hybridized carbons (Fsp3) is 0.143. The van der Waals surface area contributed by atoms with Crippen molar-refractivity contribution < 1.29 is 13.2 Å². The van der Waals surface area contributed by atoms with E-state index in [4.69, 9.17) is 8.83 Å². The van der Waals surface area contributed by atoms with Crippen molar-refractivity contribution in [3.05, 3.63) is 48.0 Å². The van der Waals surface area contributed by atoms with Crippen molar-refractivity contribution in [3.63, 3.8) is 0 Å². The van der Waals surface area contributed by atoms with Crippen LogP contribution >= 0.6 is 0 Å². The summed E-state index contributed by atoms with van der Waals surface area (Å²) < 4.78 is 24.3. The van der Waals surface area contributed by atoms with Gasteiger partial charge in [-0.15, -0.1) is 0 Å². The van der Waals surface area contributed by atoms with Crippen molar-refractivity contribution in [1.29, 1.82) is 0 Å². The molecule has 4 heteroatoms. The van der Waals surface area contributed by atoms with Gasteiger partial charge in [0.25, 0.3) is 0 Å². The van der Waals surface area contributed by atoms with Crippen molar-refractivity contribution in [3.8, 4) is 11.5 Å². The van der Waals surface area contributed by atoms with E-state index in [0.717, 1.165) is 11.1 Å². The second-order valence-electron chi connectivity index (χ2n) is 4.09. The van der Waals surface area contributed by atoms with Crippen molar-refractivity contribution in [2.45, 2.75) is 6.54 Å². The normalized spacial score (nSPS) is 11.2. The molecule has 0 spiro atoms. The Kier molecular flexibility index (Phi) is 2.64. The van der Waals surface area contributed by atoms with E-state index in [1.165, 1.54) is 12.1 Å². The van der Waals surface area contributed by atoms with Crippen LogP contribution in [0.15, 0.2) is 45.2 Å². The maximum atomic E-state index is 13.1. The fourth-order valence-electron chi connectivity index (χ4n) is 1.92. The van der Waals surface area contributed by atoms with Crippen molar-refractivity contribution in [2.24, 2.45) is 0 Å². The van der Waals surface area contributed by atoms with Crippen LogP contribution in [0.2, 0.25) is 0 Å². The van der Waals surface area contributed by atoms with E-state index in [0.29, 0.717) is 23.6 Å². The van der Waals surface area contributed by atoms with E-state index in [-0.39, 0.29) is 5.82 Å². The molecule has 3 rings (SSSR count). The van der Waals surface area contributed by atoms with E-state index >= 15 is 0 Å². The molecule has 0 saturated carbocycles. The lowest BCUT2D eigenvalue weighted by Crippen LogP contribution is -2.03. The Balaban J connectivity index is 2.02. The van der Waals surface area contributed by atoms with Crippen LogP contribution in [0, 0.1) is 5.82 Å². The minimum atomic E-state index is -0.273. The van der Waals surface area contributed by atoms with E-state index in [2.05, 4.69) is 5.32 Å². The maximum Gasteiger partial charge on any atom is 0.170 e. The number of nitrogens with one attached hydrogen (secondary N) is 1. The first-order valence-corrected chi connectivity index (χ1v) is 5.69. The molecular weight excluding hydrogens is 233 g/mol. The first-order valence-electron chi connectivity index (χ1n) is 5.69. The summed E-state index contributed by atoms with van der Waals surface area (Å²) in [5.74, 6) is 1.82. The number of hydrogen-bond donors (Lipinski definition) is 1. The molecule has 1 N–H and O–H groups in total. The van der Waals surface area contributed by atoms with Crippen LogP contribution in [0.25, 0.3) is 22.5 Å². The Labute approximate surface area is 103 Å². The monoisotopic (exact) mass is 245 g/mol. The molecule has 18 heavy (non-hydrogen) atoms. The topological polar surface area (TPSA) is 38.3 Å². The Hall–Kier alpha value is -2.07. The van der Waals surface area contributed by atoms with Gasteiger partial charge >= 0.3 is 0 Å². The van der Waals surface area contributed by atoms with Crippen LogP contribution in [-0.2, 0) is 6.54 Å². The van der Waals surface area contributed by atoms with Crippen LogP contribution < -0.4 is 5.32 Å². The molecule has 92 valence electrons. The molecule has 0 aliphatic heterocycles. The van der Waals surface area contributed by atoms with Gasteiger partial charge in [0.05, 0.1) is 6.54 Å².